The minimum atomic E-state index is -5.88. The highest BCUT2D eigenvalue weighted by Gasteiger charge is 2.50. The van der Waals surface area contributed by atoms with E-state index < -0.39 is 39.4 Å². The average molecular weight is 386 g/mol. The Morgan fingerprint density at radius 2 is 1.62 bits per heavy atom. The lowest BCUT2D eigenvalue weighted by Gasteiger charge is -2.19. The first-order chi connectivity index (χ1) is 12.2. The molecule has 0 spiro atoms. The predicted molar refractivity (Wildman–Crippen MR) is 83.1 cm³/mol. The summed E-state index contributed by atoms with van der Waals surface area (Å²) in [4.78, 5) is 0. The van der Waals surface area contributed by atoms with Crippen LogP contribution in [0.1, 0.15) is 23.3 Å². The van der Waals surface area contributed by atoms with Crippen molar-refractivity contribution in [2.75, 3.05) is 0 Å². The molecule has 4 nitrogen and oxygen atoms in total. The zero-order valence-electron chi connectivity index (χ0n) is 12.8. The summed E-state index contributed by atoms with van der Waals surface area (Å²) in [6.07, 6.45) is 2.18. The van der Waals surface area contributed by atoms with Crippen LogP contribution < -0.4 is 4.18 Å². The molecule has 2 unspecified atom stereocenters. The van der Waals surface area contributed by atoms with Gasteiger partial charge in [-0.25, -0.2) is 4.39 Å². The molecule has 2 aliphatic rings. The summed E-state index contributed by atoms with van der Waals surface area (Å²) in [6, 6.07) is 7.96. The van der Waals surface area contributed by atoms with Crippen molar-refractivity contribution >= 4 is 10.1 Å². The Balaban J connectivity index is 1.91. The lowest BCUT2D eigenvalue weighted by molar-refractivity contribution is -0.0500. The van der Waals surface area contributed by atoms with Gasteiger partial charge in [0, 0.05) is 11.1 Å². The van der Waals surface area contributed by atoms with Crippen LogP contribution >= 0.6 is 0 Å². The largest absolute Gasteiger partial charge is 0.534 e. The second kappa shape index (κ2) is 5.55. The van der Waals surface area contributed by atoms with Gasteiger partial charge in [-0.3, -0.25) is 0 Å². The third-order valence-electron chi connectivity index (χ3n) is 4.21. The Labute approximate surface area is 145 Å². The molecule has 0 radical (unpaired) electrons. The Kier molecular flexibility index (Phi) is 3.64. The summed E-state index contributed by atoms with van der Waals surface area (Å²) < 4.78 is 85.0. The molecular formula is C17H10F4O4S. The monoisotopic (exact) mass is 386 g/mol. The maximum Gasteiger partial charge on any atom is 0.534 e. The molecular weight excluding hydrogens is 376 g/mol. The van der Waals surface area contributed by atoms with Crippen molar-refractivity contribution < 1.29 is 34.9 Å². The molecule has 136 valence electrons. The number of ether oxygens (including phenoxy) is 1. The maximum atomic E-state index is 13.2. The first-order valence-electron chi connectivity index (χ1n) is 7.44. The van der Waals surface area contributed by atoms with Crippen molar-refractivity contribution in [3.63, 3.8) is 0 Å². The Morgan fingerprint density at radius 3 is 2.27 bits per heavy atom. The first kappa shape index (κ1) is 17.0. The lowest BCUT2D eigenvalue weighted by atomic mass is 9.91. The molecule has 2 atom stereocenters. The van der Waals surface area contributed by atoms with E-state index in [-0.39, 0.29) is 11.1 Å². The van der Waals surface area contributed by atoms with Crippen LogP contribution in [0.3, 0.4) is 0 Å². The molecule has 0 fully saturated rings. The fourth-order valence-electron chi connectivity index (χ4n) is 3.05. The molecule has 4 rings (SSSR count). The third-order valence-corrected chi connectivity index (χ3v) is 5.16. The Hall–Kier alpha value is -2.39. The highest BCUT2D eigenvalue weighted by molar-refractivity contribution is 7.88. The van der Waals surface area contributed by atoms with Gasteiger partial charge in [0.2, 0.25) is 0 Å². The zero-order chi connectivity index (χ0) is 18.7. The number of benzene rings is 2. The fourth-order valence-corrected chi connectivity index (χ4v) is 3.55. The molecule has 2 aliphatic heterocycles. The van der Waals surface area contributed by atoms with E-state index in [1.165, 1.54) is 18.2 Å². The number of hydrogen-bond acceptors (Lipinski definition) is 4. The topological polar surface area (TPSA) is 52.6 Å². The van der Waals surface area contributed by atoms with Gasteiger partial charge in [0.05, 0.1) is 0 Å². The van der Waals surface area contributed by atoms with Crippen molar-refractivity contribution in [1.82, 2.24) is 0 Å². The summed E-state index contributed by atoms with van der Waals surface area (Å²) in [7, 11) is -5.88. The van der Waals surface area contributed by atoms with Crippen LogP contribution in [0.15, 0.2) is 48.6 Å². The molecule has 0 saturated heterocycles. The van der Waals surface area contributed by atoms with Crippen molar-refractivity contribution in [2.45, 2.75) is 17.7 Å². The van der Waals surface area contributed by atoms with Crippen LogP contribution in [-0.2, 0) is 14.9 Å². The first-order valence-corrected chi connectivity index (χ1v) is 8.85. The van der Waals surface area contributed by atoms with E-state index in [4.69, 9.17) is 4.74 Å². The van der Waals surface area contributed by atoms with E-state index in [1.54, 1.807) is 18.2 Å². The van der Waals surface area contributed by atoms with Crippen molar-refractivity contribution in [2.24, 2.45) is 0 Å². The minimum Gasteiger partial charge on any atom is -0.375 e. The van der Waals surface area contributed by atoms with E-state index in [1.807, 2.05) is 0 Å². The van der Waals surface area contributed by atoms with Gasteiger partial charge < -0.3 is 8.92 Å². The summed E-state index contributed by atoms with van der Waals surface area (Å²) in [5, 5.41) is 0. The number of hydrogen-bond donors (Lipinski definition) is 0. The van der Waals surface area contributed by atoms with Crippen LogP contribution in [0.5, 0.6) is 5.75 Å². The van der Waals surface area contributed by atoms with Gasteiger partial charge in [-0.1, -0.05) is 36.4 Å². The van der Waals surface area contributed by atoms with Crippen molar-refractivity contribution in [1.29, 1.82) is 0 Å². The predicted octanol–water partition coefficient (Wildman–Crippen LogP) is 4.40. The molecule has 0 saturated carbocycles. The maximum absolute atomic E-state index is 13.2. The second-order valence-corrected chi connectivity index (χ2v) is 7.34. The molecule has 9 heteroatoms. The highest BCUT2D eigenvalue weighted by Crippen LogP contribution is 2.53. The standard InChI is InChI=1S/C17H10F4O4S/c18-10-3-1-9(2-4-10)11-5-6-12-13-7-8-14(24-13)15(12)16(11)25-26(22,23)17(19,20)21/h1-8,13-14H. The van der Waals surface area contributed by atoms with Gasteiger partial charge in [0.25, 0.3) is 0 Å². The van der Waals surface area contributed by atoms with E-state index >= 15 is 0 Å². The molecule has 2 bridgehead atoms. The number of halogens is 4. The molecule has 0 aromatic heterocycles. The fraction of sp³-hybridized carbons (Fsp3) is 0.176. The van der Waals surface area contributed by atoms with E-state index in [9.17, 15) is 26.0 Å². The highest BCUT2D eigenvalue weighted by atomic mass is 32.2. The lowest BCUT2D eigenvalue weighted by Crippen LogP contribution is -2.28. The number of alkyl halides is 3. The molecule has 2 aromatic rings. The van der Waals surface area contributed by atoms with Gasteiger partial charge in [0.15, 0.2) is 5.75 Å². The Morgan fingerprint density at radius 1 is 0.962 bits per heavy atom. The molecule has 0 N–H and O–H groups in total. The van der Waals surface area contributed by atoms with Gasteiger partial charge in [0.1, 0.15) is 18.0 Å². The summed E-state index contributed by atoms with van der Waals surface area (Å²) in [5.74, 6) is -0.992. The molecule has 26 heavy (non-hydrogen) atoms. The van der Waals surface area contributed by atoms with Gasteiger partial charge in [-0.15, -0.1) is 0 Å². The average Bonchev–Trinajstić information content (AvgIpc) is 3.17. The third kappa shape index (κ3) is 2.58. The summed E-state index contributed by atoms with van der Waals surface area (Å²) in [6.45, 7) is 0. The quantitative estimate of drug-likeness (QED) is 0.340. The van der Waals surface area contributed by atoms with Crippen LogP contribution in [0, 0.1) is 5.82 Å². The van der Waals surface area contributed by atoms with Crippen LogP contribution in [-0.4, -0.2) is 13.9 Å². The number of rotatable bonds is 3. The zero-order valence-corrected chi connectivity index (χ0v) is 13.6. The van der Waals surface area contributed by atoms with Gasteiger partial charge in [-0.2, -0.15) is 21.6 Å². The van der Waals surface area contributed by atoms with E-state index in [2.05, 4.69) is 4.18 Å². The summed E-state index contributed by atoms with van der Waals surface area (Å²) >= 11 is 0. The van der Waals surface area contributed by atoms with Crippen molar-refractivity contribution in [3.8, 4) is 16.9 Å². The van der Waals surface area contributed by atoms with E-state index in [0.717, 1.165) is 12.1 Å². The number of fused-ring (bicyclic) bond motifs is 5. The molecule has 0 aliphatic carbocycles. The SMILES string of the molecule is O=S(=O)(Oc1c(-c2ccc(F)cc2)ccc2c1C1C=CC2O1)C(F)(F)F. The van der Waals surface area contributed by atoms with Gasteiger partial charge >= 0.3 is 15.6 Å². The Bertz CT molecular complexity index is 1010. The van der Waals surface area contributed by atoms with Crippen LogP contribution in [0.2, 0.25) is 0 Å². The summed E-state index contributed by atoms with van der Waals surface area (Å²) in [5.41, 5.74) is -4.40. The van der Waals surface area contributed by atoms with Crippen molar-refractivity contribution in [3.05, 3.63) is 65.5 Å². The minimum absolute atomic E-state index is 0.0983. The smallest absolute Gasteiger partial charge is 0.375 e. The molecule has 2 aromatic carbocycles. The normalized spacial score (nSPS) is 21.1. The molecule has 0 amide bonds. The van der Waals surface area contributed by atoms with Crippen LogP contribution in [0.4, 0.5) is 17.6 Å². The van der Waals surface area contributed by atoms with Gasteiger partial charge in [-0.05, 0) is 23.3 Å². The van der Waals surface area contributed by atoms with Crippen LogP contribution in [0.25, 0.3) is 11.1 Å². The second-order valence-electron chi connectivity index (χ2n) is 5.80. The van der Waals surface area contributed by atoms with E-state index in [0.29, 0.717) is 11.1 Å². The molecule has 2 heterocycles.